The molecule has 0 heterocycles. The number of hydrogen-bond acceptors (Lipinski definition) is 4. The number of benzene rings is 2. The predicted octanol–water partition coefficient (Wildman–Crippen LogP) is 3.35. The zero-order valence-electron chi connectivity index (χ0n) is 12.6. The first-order valence-electron chi connectivity index (χ1n) is 6.44. The van der Waals surface area contributed by atoms with Crippen molar-refractivity contribution in [2.45, 2.75) is 18.7 Å². The molecule has 6 heteroatoms. The van der Waals surface area contributed by atoms with E-state index in [9.17, 15) is 13.2 Å². The minimum atomic E-state index is -3.29. The molecule has 0 amide bonds. The van der Waals surface area contributed by atoms with E-state index in [1.165, 1.54) is 17.7 Å². The van der Waals surface area contributed by atoms with Gasteiger partial charge < -0.3 is 5.73 Å². The standard InChI is InChI=1S/C9H9ClO3S.C7H9N/c1-6-3-4-7(14(2,12)13)5-8(6)9(10)11;1-6-2-4-7(8)5-3-6/h3-5H,1-2H3;2-5H,8H2,1H3. The van der Waals surface area contributed by atoms with E-state index >= 15 is 0 Å². The highest BCUT2D eigenvalue weighted by Gasteiger charge is 2.12. The van der Waals surface area contributed by atoms with Crippen molar-refractivity contribution in [3.05, 3.63) is 59.2 Å². The minimum Gasteiger partial charge on any atom is -0.399 e. The summed E-state index contributed by atoms with van der Waals surface area (Å²) in [4.78, 5) is 11.0. The molecular weight excluding hydrogens is 322 g/mol. The molecule has 2 N–H and O–H groups in total. The van der Waals surface area contributed by atoms with Crippen LogP contribution in [-0.4, -0.2) is 19.9 Å². The molecule has 0 aliphatic rings. The van der Waals surface area contributed by atoms with Crippen LogP contribution in [0.25, 0.3) is 0 Å². The number of sulfone groups is 1. The minimum absolute atomic E-state index is 0.104. The summed E-state index contributed by atoms with van der Waals surface area (Å²) in [5.41, 5.74) is 8.40. The Morgan fingerprint density at radius 1 is 1.05 bits per heavy atom. The van der Waals surface area contributed by atoms with Gasteiger partial charge in [0.1, 0.15) is 0 Å². The van der Waals surface area contributed by atoms with Gasteiger partial charge >= 0.3 is 0 Å². The Hall–Kier alpha value is -1.85. The molecule has 2 aromatic carbocycles. The van der Waals surface area contributed by atoms with Crippen molar-refractivity contribution in [3.63, 3.8) is 0 Å². The van der Waals surface area contributed by atoms with E-state index in [1.54, 1.807) is 13.0 Å². The normalized spacial score (nSPS) is 10.5. The highest BCUT2D eigenvalue weighted by atomic mass is 35.5. The number of halogens is 1. The number of hydrogen-bond donors (Lipinski definition) is 1. The summed E-state index contributed by atoms with van der Waals surface area (Å²) in [6.45, 7) is 3.74. The van der Waals surface area contributed by atoms with Gasteiger partial charge in [-0.15, -0.1) is 0 Å². The van der Waals surface area contributed by atoms with Crippen molar-refractivity contribution in [3.8, 4) is 0 Å². The molecule has 0 aliphatic carbocycles. The third-order valence-electron chi connectivity index (χ3n) is 2.93. The highest BCUT2D eigenvalue weighted by Crippen LogP contribution is 2.17. The van der Waals surface area contributed by atoms with Crippen LogP contribution in [-0.2, 0) is 9.84 Å². The van der Waals surface area contributed by atoms with Crippen LogP contribution in [0.2, 0.25) is 0 Å². The molecule has 0 unspecified atom stereocenters. The summed E-state index contributed by atoms with van der Waals surface area (Å²) < 4.78 is 22.3. The van der Waals surface area contributed by atoms with Gasteiger partial charge in [-0.05, 0) is 55.3 Å². The molecule has 0 atom stereocenters. The molecule has 4 nitrogen and oxygen atoms in total. The second-order valence-corrected chi connectivity index (χ2v) is 7.29. The van der Waals surface area contributed by atoms with Crippen molar-refractivity contribution in [2.75, 3.05) is 12.0 Å². The molecule has 2 rings (SSSR count). The largest absolute Gasteiger partial charge is 0.399 e. The van der Waals surface area contributed by atoms with Gasteiger partial charge in [-0.25, -0.2) is 8.42 Å². The lowest BCUT2D eigenvalue weighted by Crippen LogP contribution is -2.01. The van der Waals surface area contributed by atoms with Crippen LogP contribution in [0.5, 0.6) is 0 Å². The second-order valence-electron chi connectivity index (χ2n) is 4.93. The SMILES string of the molecule is Cc1ccc(N)cc1.Cc1ccc(S(C)(=O)=O)cc1C(=O)Cl. The van der Waals surface area contributed by atoms with Crippen molar-refractivity contribution in [2.24, 2.45) is 0 Å². The summed E-state index contributed by atoms with van der Waals surface area (Å²) in [6, 6.07) is 12.1. The van der Waals surface area contributed by atoms with E-state index in [4.69, 9.17) is 17.3 Å². The van der Waals surface area contributed by atoms with Crippen LogP contribution in [0.1, 0.15) is 21.5 Å². The van der Waals surface area contributed by atoms with Gasteiger partial charge in [-0.3, -0.25) is 4.79 Å². The third kappa shape index (κ3) is 5.50. The zero-order valence-corrected chi connectivity index (χ0v) is 14.2. The van der Waals surface area contributed by atoms with Gasteiger partial charge in [0.2, 0.25) is 0 Å². The van der Waals surface area contributed by atoms with Crippen LogP contribution in [0, 0.1) is 13.8 Å². The quantitative estimate of drug-likeness (QED) is 0.672. The predicted molar refractivity (Wildman–Crippen MR) is 90.1 cm³/mol. The summed E-state index contributed by atoms with van der Waals surface area (Å²) in [5.74, 6) is 0. The van der Waals surface area contributed by atoms with Crippen LogP contribution < -0.4 is 5.73 Å². The lowest BCUT2D eigenvalue weighted by atomic mass is 10.1. The van der Waals surface area contributed by atoms with Crippen LogP contribution >= 0.6 is 11.6 Å². The second kappa shape index (κ2) is 7.42. The number of nitrogens with two attached hydrogens (primary N) is 1. The average molecular weight is 340 g/mol. The lowest BCUT2D eigenvalue weighted by molar-refractivity contribution is 0.108. The fourth-order valence-corrected chi connectivity index (χ4v) is 2.46. The van der Waals surface area contributed by atoms with E-state index in [-0.39, 0.29) is 10.5 Å². The topological polar surface area (TPSA) is 77.2 Å². The first kappa shape index (κ1) is 18.2. The molecule has 0 fully saturated rings. The number of anilines is 1. The Labute approximate surface area is 135 Å². The number of carbonyl (C=O) groups is 1. The number of aryl methyl sites for hydroxylation is 2. The zero-order chi connectivity index (χ0) is 16.9. The Morgan fingerprint density at radius 3 is 2.00 bits per heavy atom. The maximum atomic E-state index is 11.2. The molecule has 0 aromatic heterocycles. The molecular formula is C16H18ClNO3S. The summed E-state index contributed by atoms with van der Waals surface area (Å²) >= 11 is 5.30. The molecule has 2 aromatic rings. The van der Waals surface area contributed by atoms with Gasteiger partial charge in [0.15, 0.2) is 9.84 Å². The Bertz CT molecular complexity index is 747. The molecule has 0 saturated carbocycles. The molecule has 0 aliphatic heterocycles. The van der Waals surface area contributed by atoms with Crippen molar-refractivity contribution in [1.82, 2.24) is 0 Å². The van der Waals surface area contributed by atoms with Gasteiger partial charge in [-0.1, -0.05) is 23.8 Å². The molecule has 0 bridgehead atoms. The lowest BCUT2D eigenvalue weighted by Gasteiger charge is -2.03. The van der Waals surface area contributed by atoms with E-state index in [1.807, 2.05) is 31.2 Å². The average Bonchev–Trinajstić information content (AvgIpc) is 2.41. The molecule has 0 radical (unpaired) electrons. The number of nitrogen functional groups attached to an aromatic ring is 1. The fraction of sp³-hybridized carbons (Fsp3) is 0.188. The Balaban J connectivity index is 0.000000255. The Morgan fingerprint density at radius 2 is 1.59 bits per heavy atom. The number of carbonyl (C=O) groups excluding carboxylic acids is 1. The summed E-state index contributed by atoms with van der Waals surface area (Å²) in [6.07, 6.45) is 1.08. The smallest absolute Gasteiger partial charge is 0.252 e. The first-order valence-corrected chi connectivity index (χ1v) is 8.71. The molecule has 118 valence electrons. The van der Waals surface area contributed by atoms with Gasteiger partial charge in [0.05, 0.1) is 4.90 Å². The molecule has 0 saturated heterocycles. The Kier molecular flexibility index (Phi) is 6.14. The van der Waals surface area contributed by atoms with Gasteiger partial charge in [0.25, 0.3) is 5.24 Å². The monoisotopic (exact) mass is 339 g/mol. The number of rotatable bonds is 2. The third-order valence-corrected chi connectivity index (χ3v) is 4.24. The van der Waals surface area contributed by atoms with Crippen molar-refractivity contribution < 1.29 is 13.2 Å². The summed E-state index contributed by atoms with van der Waals surface area (Å²) in [5, 5.41) is -0.645. The van der Waals surface area contributed by atoms with E-state index in [0.717, 1.165) is 11.9 Å². The molecule has 22 heavy (non-hydrogen) atoms. The van der Waals surface area contributed by atoms with Gasteiger partial charge in [0, 0.05) is 17.5 Å². The van der Waals surface area contributed by atoms with E-state index in [2.05, 4.69) is 0 Å². The van der Waals surface area contributed by atoms with E-state index in [0.29, 0.717) is 5.56 Å². The van der Waals surface area contributed by atoms with Crippen LogP contribution in [0.4, 0.5) is 5.69 Å². The van der Waals surface area contributed by atoms with E-state index < -0.39 is 15.1 Å². The van der Waals surface area contributed by atoms with Crippen molar-refractivity contribution >= 4 is 32.4 Å². The maximum Gasteiger partial charge on any atom is 0.252 e. The maximum absolute atomic E-state index is 11.2. The fourth-order valence-electron chi connectivity index (χ4n) is 1.61. The first-order chi connectivity index (χ1) is 10.1. The van der Waals surface area contributed by atoms with Crippen LogP contribution in [0.3, 0.4) is 0 Å². The molecule has 0 spiro atoms. The van der Waals surface area contributed by atoms with Crippen LogP contribution in [0.15, 0.2) is 47.4 Å². The van der Waals surface area contributed by atoms with Gasteiger partial charge in [-0.2, -0.15) is 0 Å². The van der Waals surface area contributed by atoms with Crippen molar-refractivity contribution in [1.29, 1.82) is 0 Å². The summed E-state index contributed by atoms with van der Waals surface area (Å²) in [7, 11) is -3.29. The highest BCUT2D eigenvalue weighted by molar-refractivity contribution is 7.90.